The van der Waals surface area contributed by atoms with E-state index in [1.165, 1.54) is 25.7 Å². The number of ketones is 1. The van der Waals surface area contributed by atoms with E-state index in [4.69, 9.17) is 9.47 Å². The van der Waals surface area contributed by atoms with Gasteiger partial charge in [0.25, 0.3) is 0 Å². The number of carbonyl (C=O) groups is 1. The molecule has 0 spiro atoms. The lowest BCUT2D eigenvalue weighted by Gasteiger charge is -2.71. The van der Waals surface area contributed by atoms with Gasteiger partial charge < -0.3 is 24.8 Å². The van der Waals surface area contributed by atoms with E-state index in [9.17, 15) is 20.1 Å². The topological polar surface area (TPSA) is 99.5 Å². The minimum absolute atomic E-state index is 0.141. The van der Waals surface area contributed by atoms with Gasteiger partial charge in [0.05, 0.1) is 12.7 Å². The van der Waals surface area contributed by atoms with Crippen LogP contribution in [0.15, 0.2) is 0 Å². The van der Waals surface area contributed by atoms with Gasteiger partial charge in [0.15, 0.2) is 0 Å². The van der Waals surface area contributed by atoms with E-state index in [0.29, 0.717) is 29.5 Å². The Balaban J connectivity index is 1.19. The monoisotopic (exact) mass is 530 g/mol. The Morgan fingerprint density at radius 2 is 1.68 bits per heavy atom. The van der Waals surface area contributed by atoms with Crippen molar-refractivity contribution >= 4 is 5.78 Å². The van der Waals surface area contributed by atoms with Crippen molar-refractivity contribution in [3.63, 3.8) is 0 Å². The molecule has 0 bridgehead atoms. The third-order valence-corrected chi connectivity index (χ3v) is 14.8. The molecule has 2 aliphatic heterocycles. The van der Waals surface area contributed by atoms with Gasteiger partial charge >= 0.3 is 0 Å². The predicted molar refractivity (Wildman–Crippen MR) is 142 cm³/mol. The summed E-state index contributed by atoms with van der Waals surface area (Å²) in [5, 5.41) is 32.9. The van der Waals surface area contributed by atoms with Crippen LogP contribution in [0.3, 0.4) is 0 Å². The van der Waals surface area contributed by atoms with Crippen LogP contribution < -0.4 is 0 Å². The maximum atomic E-state index is 12.7. The zero-order valence-corrected chi connectivity index (χ0v) is 23.9. The normalized spacial score (nSPS) is 60.1. The average Bonchev–Trinajstić information content (AvgIpc) is 3.59. The van der Waals surface area contributed by atoms with Gasteiger partial charge in [-0.1, -0.05) is 34.1 Å². The van der Waals surface area contributed by atoms with Crippen molar-refractivity contribution in [1.29, 1.82) is 0 Å². The molecule has 2 saturated heterocycles. The van der Waals surface area contributed by atoms with Gasteiger partial charge in [-0.25, -0.2) is 0 Å². The SMILES string of the molecule is CC1C(=O)CCC2(C)C1CCC1(C)C2CCC2C3CCCC3(C(O)C3OC(CO)C4OC4C3O)CC[C@]21C. The molecule has 6 heteroatoms. The fourth-order valence-corrected chi connectivity index (χ4v) is 12.5. The van der Waals surface area contributed by atoms with Gasteiger partial charge in [0.1, 0.15) is 36.3 Å². The third kappa shape index (κ3) is 3.16. The third-order valence-electron chi connectivity index (χ3n) is 14.8. The van der Waals surface area contributed by atoms with Gasteiger partial charge in [-0.3, -0.25) is 4.79 Å². The maximum absolute atomic E-state index is 12.7. The lowest BCUT2D eigenvalue weighted by atomic mass is 9.33. The van der Waals surface area contributed by atoms with Crippen molar-refractivity contribution < 1.29 is 29.6 Å². The summed E-state index contributed by atoms with van der Waals surface area (Å²) >= 11 is 0. The quantitative estimate of drug-likeness (QED) is 0.472. The predicted octanol–water partition coefficient (Wildman–Crippen LogP) is 4.27. The van der Waals surface area contributed by atoms with Crippen LogP contribution in [0.5, 0.6) is 0 Å². The number of epoxide rings is 1. The molecule has 7 fully saturated rings. The van der Waals surface area contributed by atoms with E-state index in [0.717, 1.165) is 44.9 Å². The first kappa shape index (κ1) is 26.4. The summed E-state index contributed by atoms with van der Waals surface area (Å²) in [6, 6.07) is 0. The Morgan fingerprint density at radius 1 is 0.895 bits per heavy atom. The van der Waals surface area contributed by atoms with E-state index < -0.39 is 24.4 Å². The highest BCUT2D eigenvalue weighted by Gasteiger charge is 2.71. The van der Waals surface area contributed by atoms with Gasteiger partial charge in [-0.2, -0.15) is 0 Å². The second kappa shape index (κ2) is 8.50. The van der Waals surface area contributed by atoms with Crippen molar-refractivity contribution in [2.75, 3.05) is 6.61 Å². The minimum atomic E-state index is -0.832. The molecule has 0 aromatic carbocycles. The summed E-state index contributed by atoms with van der Waals surface area (Å²) in [6.45, 7) is 9.79. The molecule has 0 aromatic heterocycles. The zero-order chi connectivity index (χ0) is 26.8. The van der Waals surface area contributed by atoms with Crippen molar-refractivity contribution in [3.05, 3.63) is 0 Å². The van der Waals surface area contributed by atoms with Crippen LogP contribution in [0.1, 0.15) is 98.3 Å². The molecule has 214 valence electrons. The molecule has 15 atom stereocenters. The molecule has 3 N–H and O–H groups in total. The largest absolute Gasteiger partial charge is 0.394 e. The summed E-state index contributed by atoms with van der Waals surface area (Å²) in [6.07, 6.45) is 8.73. The maximum Gasteiger partial charge on any atom is 0.136 e. The van der Waals surface area contributed by atoms with Crippen LogP contribution in [-0.4, -0.2) is 64.3 Å². The van der Waals surface area contributed by atoms with Crippen molar-refractivity contribution in [1.82, 2.24) is 0 Å². The molecule has 5 aliphatic carbocycles. The lowest BCUT2D eigenvalue weighted by molar-refractivity contribution is -0.248. The lowest BCUT2D eigenvalue weighted by Crippen LogP contribution is -2.66. The highest BCUT2D eigenvalue weighted by Crippen LogP contribution is 2.76. The summed E-state index contributed by atoms with van der Waals surface area (Å²) in [7, 11) is 0. The highest BCUT2D eigenvalue weighted by molar-refractivity contribution is 5.82. The van der Waals surface area contributed by atoms with Gasteiger partial charge in [0, 0.05) is 17.8 Å². The number of ether oxygens (including phenoxy) is 2. The molecule has 0 amide bonds. The molecule has 2 heterocycles. The first-order valence-electron chi connectivity index (χ1n) is 15.8. The van der Waals surface area contributed by atoms with Crippen molar-refractivity contribution in [3.8, 4) is 0 Å². The molecule has 7 rings (SSSR count). The average molecular weight is 531 g/mol. The van der Waals surface area contributed by atoms with Crippen LogP contribution in [-0.2, 0) is 14.3 Å². The smallest absolute Gasteiger partial charge is 0.136 e. The molecule has 5 saturated carbocycles. The van der Waals surface area contributed by atoms with Gasteiger partial charge in [-0.15, -0.1) is 0 Å². The van der Waals surface area contributed by atoms with Crippen LogP contribution in [0.2, 0.25) is 0 Å². The minimum Gasteiger partial charge on any atom is -0.394 e. The number of hydrogen-bond donors (Lipinski definition) is 3. The molecular weight excluding hydrogens is 480 g/mol. The Hall–Kier alpha value is -0.530. The summed E-state index contributed by atoms with van der Waals surface area (Å²) in [5.41, 5.74) is 0.488. The van der Waals surface area contributed by atoms with Crippen molar-refractivity contribution in [2.45, 2.75) is 135 Å². The van der Waals surface area contributed by atoms with Crippen LogP contribution in [0.4, 0.5) is 0 Å². The first-order chi connectivity index (χ1) is 18.0. The number of fused-ring (bicyclic) bond motifs is 8. The number of Topliss-reactive ketones (excluding diaryl/α,β-unsaturated/α-hetero) is 1. The highest BCUT2D eigenvalue weighted by atomic mass is 16.7. The molecule has 38 heavy (non-hydrogen) atoms. The van der Waals surface area contributed by atoms with Gasteiger partial charge in [-0.05, 0) is 97.7 Å². The molecule has 0 radical (unpaired) electrons. The van der Waals surface area contributed by atoms with Crippen LogP contribution in [0.25, 0.3) is 0 Å². The number of aliphatic hydroxyl groups is 3. The van der Waals surface area contributed by atoms with E-state index in [1.807, 2.05) is 0 Å². The second-order valence-corrected chi connectivity index (χ2v) is 15.5. The van der Waals surface area contributed by atoms with E-state index in [1.54, 1.807) is 0 Å². The molecular formula is C32H50O6. The molecule has 0 aromatic rings. The summed E-state index contributed by atoms with van der Waals surface area (Å²) in [5.74, 6) is 2.87. The van der Waals surface area contributed by atoms with Gasteiger partial charge in [0.2, 0.25) is 0 Å². The Bertz CT molecular complexity index is 985. The molecule has 14 unspecified atom stereocenters. The second-order valence-electron chi connectivity index (χ2n) is 15.5. The summed E-state index contributed by atoms with van der Waals surface area (Å²) in [4.78, 5) is 12.7. The van der Waals surface area contributed by atoms with Crippen molar-refractivity contribution in [2.24, 2.45) is 51.2 Å². The van der Waals surface area contributed by atoms with Crippen LogP contribution >= 0.6 is 0 Å². The fourth-order valence-electron chi connectivity index (χ4n) is 12.5. The number of rotatable bonds is 3. The Labute approximate surface area is 228 Å². The standard InChI is InChI=1S/C32H50O6/c1-17-18-9-13-31(4)23(29(18,2)12-10-21(17)34)8-7-19-20-6-5-11-32(20,15-14-30(19,31)3)28(36)27-24(35)26-25(38-26)22(16-33)37-27/h17-20,22-28,33,35-36H,5-16H2,1-4H3/t17?,18?,19?,20?,22?,23?,24?,25?,26?,27?,28?,29?,30-,31?,32?/m1/s1. The Morgan fingerprint density at radius 3 is 2.45 bits per heavy atom. The molecule has 7 aliphatic rings. The van der Waals surface area contributed by atoms with E-state index >= 15 is 0 Å². The number of aliphatic hydroxyl groups excluding tert-OH is 3. The number of hydrogen-bond acceptors (Lipinski definition) is 6. The van der Waals surface area contributed by atoms with E-state index in [2.05, 4.69) is 27.7 Å². The fraction of sp³-hybridized carbons (Fsp3) is 0.969. The Kier molecular flexibility index (Phi) is 5.90. The molecule has 6 nitrogen and oxygen atoms in total. The number of carbonyl (C=O) groups excluding carboxylic acids is 1. The van der Waals surface area contributed by atoms with E-state index in [-0.39, 0.29) is 46.4 Å². The van der Waals surface area contributed by atoms with Crippen LogP contribution in [0, 0.1) is 51.2 Å². The summed E-state index contributed by atoms with van der Waals surface area (Å²) < 4.78 is 11.8. The zero-order valence-electron chi connectivity index (χ0n) is 23.9. The first-order valence-corrected chi connectivity index (χ1v) is 15.8.